The Morgan fingerprint density at radius 2 is 1.64 bits per heavy atom. The van der Waals surface area contributed by atoms with Gasteiger partial charge in [-0.15, -0.1) is 0 Å². The van der Waals surface area contributed by atoms with Gasteiger partial charge in [-0.05, 0) is 18.8 Å². The lowest BCUT2D eigenvalue weighted by atomic mass is 10.0. The highest BCUT2D eigenvalue weighted by molar-refractivity contribution is 7.80. The second-order valence-electron chi connectivity index (χ2n) is 5.95. The molecule has 0 spiro atoms. The molecule has 0 saturated heterocycles. The second kappa shape index (κ2) is 9.71. The monoisotopic (exact) mass is 331 g/mol. The van der Waals surface area contributed by atoms with Gasteiger partial charge in [0.15, 0.2) is 0 Å². The average molecular weight is 331 g/mol. The van der Waals surface area contributed by atoms with E-state index < -0.39 is 18.0 Å². The summed E-state index contributed by atoms with van der Waals surface area (Å²) in [4.78, 5) is 39.0. The molecule has 7 heteroatoms. The molecule has 2 atom stereocenters. The lowest BCUT2D eigenvalue weighted by molar-refractivity contribution is -0.146. The van der Waals surface area contributed by atoms with Crippen molar-refractivity contribution in [3.05, 3.63) is 0 Å². The number of carbonyl (C=O) groups excluding carboxylic acids is 3. The van der Waals surface area contributed by atoms with Crippen LogP contribution in [0.25, 0.3) is 0 Å². The smallest absolute Gasteiger partial charge is 0.246 e. The number of amides is 3. The lowest BCUT2D eigenvalue weighted by Gasteiger charge is -2.33. The van der Waals surface area contributed by atoms with E-state index in [1.54, 1.807) is 14.1 Å². The van der Waals surface area contributed by atoms with Gasteiger partial charge in [0, 0.05) is 26.3 Å². The van der Waals surface area contributed by atoms with Gasteiger partial charge in [-0.2, -0.15) is 12.6 Å². The van der Waals surface area contributed by atoms with Crippen LogP contribution in [0.1, 0.15) is 40.0 Å². The van der Waals surface area contributed by atoms with Crippen molar-refractivity contribution >= 4 is 30.4 Å². The number of carbonyl (C=O) groups is 3. The first-order valence-corrected chi connectivity index (χ1v) is 8.23. The SMILES string of the molecule is CCCC(=O)N(C)[C@H](CS)C(=O)N(C)[C@@H](CC(C)C)C(N)=O. The number of primary amides is 1. The molecule has 0 aromatic carbocycles. The van der Waals surface area contributed by atoms with E-state index in [1.807, 2.05) is 20.8 Å². The normalized spacial score (nSPS) is 13.6. The average Bonchev–Trinajstić information content (AvgIpc) is 2.44. The quantitative estimate of drug-likeness (QED) is 0.616. The molecule has 0 aromatic heterocycles. The topological polar surface area (TPSA) is 83.7 Å². The first-order chi connectivity index (χ1) is 10.2. The van der Waals surface area contributed by atoms with Gasteiger partial charge in [-0.1, -0.05) is 20.8 Å². The van der Waals surface area contributed by atoms with E-state index in [0.29, 0.717) is 19.3 Å². The number of likely N-dealkylation sites (N-methyl/N-ethyl adjacent to an activating group) is 2. The summed E-state index contributed by atoms with van der Waals surface area (Å²) in [5.74, 6) is -0.539. The van der Waals surface area contributed by atoms with E-state index in [-0.39, 0.29) is 23.5 Å². The Morgan fingerprint density at radius 3 is 2.00 bits per heavy atom. The van der Waals surface area contributed by atoms with Gasteiger partial charge in [-0.25, -0.2) is 0 Å². The summed E-state index contributed by atoms with van der Waals surface area (Å²) in [5.41, 5.74) is 5.42. The molecule has 0 radical (unpaired) electrons. The Labute approximate surface area is 138 Å². The summed E-state index contributed by atoms with van der Waals surface area (Å²) in [6.45, 7) is 5.82. The van der Waals surface area contributed by atoms with Gasteiger partial charge < -0.3 is 15.5 Å². The van der Waals surface area contributed by atoms with E-state index >= 15 is 0 Å². The van der Waals surface area contributed by atoms with Gasteiger partial charge in [0.05, 0.1) is 0 Å². The zero-order valence-corrected chi connectivity index (χ0v) is 15.1. The summed E-state index contributed by atoms with van der Waals surface area (Å²) in [6.07, 6.45) is 1.58. The third-order valence-electron chi connectivity index (χ3n) is 3.62. The van der Waals surface area contributed by atoms with Crippen molar-refractivity contribution in [2.24, 2.45) is 11.7 Å². The summed E-state index contributed by atoms with van der Waals surface area (Å²) < 4.78 is 0. The van der Waals surface area contributed by atoms with Crippen molar-refractivity contribution in [2.75, 3.05) is 19.8 Å². The van der Waals surface area contributed by atoms with Crippen molar-refractivity contribution in [1.82, 2.24) is 9.80 Å². The zero-order chi connectivity index (χ0) is 17.4. The maximum atomic E-state index is 12.6. The summed E-state index contributed by atoms with van der Waals surface area (Å²) in [7, 11) is 3.14. The van der Waals surface area contributed by atoms with E-state index in [2.05, 4.69) is 12.6 Å². The molecule has 0 unspecified atom stereocenters. The minimum absolute atomic E-state index is 0.109. The maximum absolute atomic E-state index is 12.6. The van der Waals surface area contributed by atoms with Gasteiger partial charge in [-0.3, -0.25) is 14.4 Å². The van der Waals surface area contributed by atoms with E-state index in [9.17, 15) is 14.4 Å². The minimum atomic E-state index is -0.693. The third kappa shape index (κ3) is 5.87. The first-order valence-electron chi connectivity index (χ1n) is 7.59. The van der Waals surface area contributed by atoms with Crippen LogP contribution in [0.4, 0.5) is 0 Å². The molecule has 3 amide bonds. The largest absolute Gasteiger partial charge is 0.368 e. The summed E-state index contributed by atoms with van der Waals surface area (Å²) >= 11 is 4.18. The van der Waals surface area contributed by atoms with Crippen LogP contribution < -0.4 is 5.73 Å². The van der Waals surface area contributed by atoms with Crippen LogP contribution in [0.15, 0.2) is 0 Å². The molecule has 22 heavy (non-hydrogen) atoms. The van der Waals surface area contributed by atoms with Gasteiger partial charge in [0.2, 0.25) is 17.7 Å². The Bertz CT molecular complexity index is 401. The molecule has 0 rings (SSSR count). The van der Waals surface area contributed by atoms with E-state index in [4.69, 9.17) is 5.73 Å². The predicted octanol–water partition coefficient (Wildman–Crippen LogP) is 0.902. The molecule has 0 saturated carbocycles. The molecule has 0 aliphatic heterocycles. The van der Waals surface area contributed by atoms with Crippen LogP contribution in [0, 0.1) is 5.92 Å². The Kier molecular flexibility index (Phi) is 9.16. The minimum Gasteiger partial charge on any atom is -0.368 e. The highest BCUT2D eigenvalue weighted by Crippen LogP contribution is 2.14. The molecule has 0 bridgehead atoms. The van der Waals surface area contributed by atoms with Crippen molar-refractivity contribution < 1.29 is 14.4 Å². The van der Waals surface area contributed by atoms with Crippen molar-refractivity contribution in [1.29, 1.82) is 0 Å². The molecule has 0 aliphatic rings. The fraction of sp³-hybridized carbons (Fsp3) is 0.800. The fourth-order valence-electron chi connectivity index (χ4n) is 2.23. The molecule has 0 fully saturated rings. The first kappa shape index (κ1) is 20.8. The number of thiol groups is 1. The second-order valence-corrected chi connectivity index (χ2v) is 6.32. The molecule has 0 heterocycles. The number of hydrogen-bond acceptors (Lipinski definition) is 4. The standard InChI is InChI=1S/C15H29N3O3S/c1-6-7-13(19)17(4)12(9-22)15(21)18(5)11(14(16)20)8-10(2)3/h10-12,22H,6-9H2,1-5H3,(H2,16,20)/t11-,12+/m0/s1. The fourth-order valence-corrected chi connectivity index (χ4v) is 2.63. The molecule has 0 aliphatic carbocycles. The van der Waals surface area contributed by atoms with Crippen molar-refractivity contribution in [3.63, 3.8) is 0 Å². The Balaban J connectivity index is 5.14. The van der Waals surface area contributed by atoms with Crippen LogP contribution >= 0.6 is 12.6 Å². The van der Waals surface area contributed by atoms with Crippen molar-refractivity contribution in [2.45, 2.75) is 52.1 Å². The summed E-state index contributed by atoms with van der Waals surface area (Å²) in [6, 6.07) is -1.37. The molecule has 2 N–H and O–H groups in total. The number of rotatable bonds is 9. The zero-order valence-electron chi connectivity index (χ0n) is 14.2. The Morgan fingerprint density at radius 1 is 1.09 bits per heavy atom. The van der Waals surface area contributed by atoms with Crippen LogP contribution in [0.2, 0.25) is 0 Å². The predicted molar refractivity (Wildman–Crippen MR) is 90.5 cm³/mol. The number of nitrogens with zero attached hydrogens (tertiary/aromatic N) is 2. The number of hydrogen-bond donors (Lipinski definition) is 2. The van der Waals surface area contributed by atoms with Crippen LogP contribution in [-0.2, 0) is 14.4 Å². The van der Waals surface area contributed by atoms with E-state index in [1.165, 1.54) is 9.80 Å². The summed E-state index contributed by atoms with van der Waals surface area (Å²) in [5, 5.41) is 0. The molecule has 6 nitrogen and oxygen atoms in total. The highest BCUT2D eigenvalue weighted by Gasteiger charge is 2.33. The molecule has 128 valence electrons. The van der Waals surface area contributed by atoms with Crippen LogP contribution in [-0.4, -0.2) is 59.5 Å². The van der Waals surface area contributed by atoms with E-state index in [0.717, 1.165) is 0 Å². The van der Waals surface area contributed by atoms with Crippen LogP contribution in [0.5, 0.6) is 0 Å². The number of nitrogens with two attached hydrogens (primary N) is 1. The molecule has 0 aromatic rings. The maximum Gasteiger partial charge on any atom is 0.246 e. The lowest BCUT2D eigenvalue weighted by Crippen LogP contribution is -2.55. The molecular formula is C15H29N3O3S. The molecular weight excluding hydrogens is 302 g/mol. The third-order valence-corrected chi connectivity index (χ3v) is 3.97. The van der Waals surface area contributed by atoms with Gasteiger partial charge >= 0.3 is 0 Å². The van der Waals surface area contributed by atoms with Crippen LogP contribution in [0.3, 0.4) is 0 Å². The van der Waals surface area contributed by atoms with Crippen molar-refractivity contribution in [3.8, 4) is 0 Å². The van der Waals surface area contributed by atoms with Gasteiger partial charge in [0.25, 0.3) is 0 Å². The highest BCUT2D eigenvalue weighted by atomic mass is 32.1. The van der Waals surface area contributed by atoms with Gasteiger partial charge in [0.1, 0.15) is 12.1 Å². The Hall–Kier alpha value is -1.24.